The SMILES string of the molecule is N#CC(C=O)=CO. The van der Waals surface area contributed by atoms with Gasteiger partial charge in [-0.3, -0.25) is 4.79 Å². The Kier molecular flexibility index (Phi) is 2.37. The highest BCUT2D eigenvalue weighted by Crippen LogP contribution is 1.78. The van der Waals surface area contributed by atoms with Crippen LogP contribution in [0.5, 0.6) is 0 Å². The smallest absolute Gasteiger partial charge is 0.163 e. The van der Waals surface area contributed by atoms with E-state index in [-0.39, 0.29) is 11.9 Å². The number of allylic oxidation sites excluding steroid dienone is 1. The molecule has 0 unspecified atom stereocenters. The van der Waals surface area contributed by atoms with Gasteiger partial charge in [0.05, 0.1) is 0 Å². The Morgan fingerprint density at radius 1 is 1.86 bits per heavy atom. The van der Waals surface area contributed by atoms with Gasteiger partial charge in [-0.2, -0.15) is 5.26 Å². The molecule has 0 amide bonds. The number of hydrogen-bond donors (Lipinski definition) is 1. The van der Waals surface area contributed by atoms with Gasteiger partial charge < -0.3 is 5.11 Å². The molecule has 0 spiro atoms. The average Bonchev–Trinajstić information content (AvgIpc) is 1.72. The highest BCUT2D eigenvalue weighted by atomic mass is 16.2. The van der Waals surface area contributed by atoms with E-state index in [2.05, 4.69) is 0 Å². The Bertz CT molecular complexity index is 131. The number of carbonyl (C=O) groups is 1. The largest absolute Gasteiger partial charge is 0.514 e. The van der Waals surface area contributed by atoms with E-state index >= 15 is 0 Å². The van der Waals surface area contributed by atoms with Crippen LogP contribution < -0.4 is 0 Å². The van der Waals surface area contributed by atoms with Gasteiger partial charge >= 0.3 is 0 Å². The number of carbonyl (C=O) groups excluding carboxylic acids is 1. The zero-order valence-corrected chi connectivity index (χ0v) is 3.46. The van der Waals surface area contributed by atoms with Crippen LogP contribution in [0, 0.1) is 11.3 Å². The monoisotopic (exact) mass is 97.0 g/mol. The van der Waals surface area contributed by atoms with E-state index in [1.807, 2.05) is 0 Å². The first-order valence-corrected chi connectivity index (χ1v) is 1.54. The molecule has 3 heteroatoms. The van der Waals surface area contributed by atoms with Gasteiger partial charge in [-0.1, -0.05) is 0 Å². The Morgan fingerprint density at radius 3 is 2.43 bits per heavy atom. The second kappa shape index (κ2) is 2.91. The van der Waals surface area contributed by atoms with Crippen molar-refractivity contribution in [2.45, 2.75) is 0 Å². The van der Waals surface area contributed by atoms with Gasteiger partial charge in [0.25, 0.3) is 0 Å². The molecule has 0 aromatic carbocycles. The molecule has 0 aliphatic carbocycles. The first-order valence-electron chi connectivity index (χ1n) is 1.54. The Hall–Kier alpha value is -1.30. The standard InChI is InChI=1S/C4H3NO2/c5-1-4(2-6)3-7/h2-3,6H. The molecule has 7 heavy (non-hydrogen) atoms. The molecule has 0 saturated heterocycles. The van der Waals surface area contributed by atoms with Crippen LogP contribution in [0.2, 0.25) is 0 Å². The predicted molar refractivity (Wildman–Crippen MR) is 22.4 cm³/mol. The summed E-state index contributed by atoms with van der Waals surface area (Å²) < 4.78 is 0. The maximum Gasteiger partial charge on any atom is 0.163 e. The fourth-order valence-corrected chi connectivity index (χ4v) is 0.0856. The maximum absolute atomic E-state index is 9.52. The van der Waals surface area contributed by atoms with Gasteiger partial charge in [0, 0.05) is 0 Å². The summed E-state index contributed by atoms with van der Waals surface area (Å²) in [7, 11) is 0. The second-order valence-electron chi connectivity index (χ2n) is 0.814. The van der Waals surface area contributed by atoms with E-state index in [9.17, 15) is 4.79 Å². The fraction of sp³-hybridized carbons (Fsp3) is 0. The molecule has 0 fully saturated rings. The summed E-state index contributed by atoms with van der Waals surface area (Å²) in [5.41, 5.74) is -0.264. The Labute approximate surface area is 40.5 Å². The number of hydrogen-bond acceptors (Lipinski definition) is 3. The van der Waals surface area contributed by atoms with Crippen molar-refractivity contribution in [2.75, 3.05) is 0 Å². The van der Waals surface area contributed by atoms with Gasteiger partial charge in [-0.25, -0.2) is 0 Å². The van der Waals surface area contributed by atoms with Crippen molar-refractivity contribution in [3.8, 4) is 6.07 Å². The molecular weight excluding hydrogens is 94.0 g/mol. The molecule has 36 valence electrons. The van der Waals surface area contributed by atoms with Gasteiger partial charge in [0.2, 0.25) is 0 Å². The van der Waals surface area contributed by atoms with Gasteiger partial charge in [0.1, 0.15) is 17.9 Å². The van der Waals surface area contributed by atoms with Crippen molar-refractivity contribution in [3.63, 3.8) is 0 Å². The molecule has 0 aliphatic heterocycles. The molecule has 1 N–H and O–H groups in total. The van der Waals surface area contributed by atoms with Crippen molar-refractivity contribution >= 4 is 6.29 Å². The number of nitriles is 1. The number of aliphatic hydroxyl groups excluding tert-OH is 1. The zero-order chi connectivity index (χ0) is 5.70. The third kappa shape index (κ3) is 1.55. The van der Waals surface area contributed by atoms with Crippen molar-refractivity contribution in [3.05, 3.63) is 11.8 Å². The molecule has 0 bridgehead atoms. The van der Waals surface area contributed by atoms with Crippen LogP contribution in [0.25, 0.3) is 0 Å². The van der Waals surface area contributed by atoms with Gasteiger partial charge in [-0.05, 0) is 0 Å². The number of aldehydes is 1. The minimum absolute atomic E-state index is 0.264. The summed E-state index contributed by atoms with van der Waals surface area (Å²) in [6.45, 7) is 0. The molecule has 0 aliphatic rings. The van der Waals surface area contributed by atoms with E-state index in [0.29, 0.717) is 6.26 Å². The third-order valence-electron chi connectivity index (χ3n) is 0.395. The summed E-state index contributed by atoms with van der Waals surface area (Å²) in [5.74, 6) is 0. The summed E-state index contributed by atoms with van der Waals surface area (Å²) in [5, 5.41) is 15.7. The van der Waals surface area contributed by atoms with E-state index in [1.54, 1.807) is 0 Å². The van der Waals surface area contributed by atoms with Crippen LogP contribution in [0.4, 0.5) is 0 Å². The van der Waals surface area contributed by atoms with E-state index in [0.717, 1.165) is 0 Å². The lowest BCUT2D eigenvalue weighted by molar-refractivity contribution is -0.104. The minimum Gasteiger partial charge on any atom is -0.514 e. The molecular formula is C4H3NO2. The summed E-state index contributed by atoms with van der Waals surface area (Å²) in [6.07, 6.45) is 0.743. The molecule has 0 aromatic rings. The Balaban J connectivity index is 3.94. The van der Waals surface area contributed by atoms with Crippen LogP contribution in [-0.2, 0) is 4.79 Å². The Morgan fingerprint density at radius 2 is 2.43 bits per heavy atom. The average molecular weight is 97.1 g/mol. The van der Waals surface area contributed by atoms with Crippen molar-refractivity contribution < 1.29 is 9.90 Å². The predicted octanol–water partition coefficient (Wildman–Crippen LogP) is 0.151. The molecule has 0 atom stereocenters. The highest BCUT2D eigenvalue weighted by molar-refractivity contribution is 5.78. The fourth-order valence-electron chi connectivity index (χ4n) is 0.0856. The maximum atomic E-state index is 9.52. The van der Waals surface area contributed by atoms with Crippen molar-refractivity contribution in [1.82, 2.24) is 0 Å². The summed E-state index contributed by atoms with van der Waals surface area (Å²) >= 11 is 0. The van der Waals surface area contributed by atoms with Crippen LogP contribution in [0.1, 0.15) is 0 Å². The number of aliphatic hydroxyl groups is 1. The molecule has 0 rings (SSSR count). The summed E-state index contributed by atoms with van der Waals surface area (Å²) in [4.78, 5) is 9.52. The van der Waals surface area contributed by atoms with Gasteiger partial charge in [-0.15, -0.1) is 0 Å². The quantitative estimate of drug-likeness (QED) is 0.219. The topological polar surface area (TPSA) is 61.1 Å². The minimum atomic E-state index is -0.264. The first kappa shape index (κ1) is 5.70. The molecule has 0 heterocycles. The van der Waals surface area contributed by atoms with Crippen molar-refractivity contribution in [2.24, 2.45) is 0 Å². The van der Waals surface area contributed by atoms with Crippen molar-refractivity contribution in [1.29, 1.82) is 5.26 Å². The van der Waals surface area contributed by atoms with Crippen LogP contribution in [0.3, 0.4) is 0 Å². The van der Waals surface area contributed by atoms with E-state index < -0.39 is 0 Å². The highest BCUT2D eigenvalue weighted by Gasteiger charge is 1.84. The molecule has 3 nitrogen and oxygen atoms in total. The van der Waals surface area contributed by atoms with E-state index in [1.165, 1.54) is 6.07 Å². The lowest BCUT2D eigenvalue weighted by atomic mass is 10.4. The lowest BCUT2D eigenvalue weighted by Gasteiger charge is -1.70. The third-order valence-corrected chi connectivity index (χ3v) is 0.395. The van der Waals surface area contributed by atoms with Crippen LogP contribution >= 0.6 is 0 Å². The first-order chi connectivity index (χ1) is 3.35. The molecule has 0 saturated carbocycles. The second-order valence-corrected chi connectivity index (χ2v) is 0.814. The summed E-state index contributed by atoms with van der Waals surface area (Å²) in [6, 6.07) is 1.44. The van der Waals surface area contributed by atoms with Gasteiger partial charge in [0.15, 0.2) is 6.29 Å². The normalized spacial score (nSPS) is 9.86. The van der Waals surface area contributed by atoms with Crippen LogP contribution in [0.15, 0.2) is 11.8 Å². The zero-order valence-electron chi connectivity index (χ0n) is 3.46. The number of rotatable bonds is 1. The molecule has 0 radical (unpaired) electrons. The number of nitrogens with zero attached hydrogens (tertiary/aromatic N) is 1. The van der Waals surface area contributed by atoms with Crippen LogP contribution in [-0.4, -0.2) is 11.4 Å². The molecule has 0 aromatic heterocycles. The van der Waals surface area contributed by atoms with E-state index in [4.69, 9.17) is 10.4 Å². The lowest BCUT2D eigenvalue weighted by Crippen LogP contribution is -1.75.